The van der Waals surface area contributed by atoms with E-state index in [4.69, 9.17) is 9.84 Å². The highest BCUT2D eigenvalue weighted by molar-refractivity contribution is 5.78. The summed E-state index contributed by atoms with van der Waals surface area (Å²) in [6, 6.07) is 0. The molecule has 0 aromatic rings. The van der Waals surface area contributed by atoms with Crippen LogP contribution >= 0.6 is 0 Å². The Kier molecular flexibility index (Phi) is 4.55. The van der Waals surface area contributed by atoms with Gasteiger partial charge in [-0.05, 0) is 25.7 Å². The number of rotatable bonds is 7. The lowest BCUT2D eigenvalue weighted by atomic mass is 10.3. The van der Waals surface area contributed by atoms with Gasteiger partial charge in [0.25, 0.3) is 0 Å². The Labute approximate surface area is 89.0 Å². The Morgan fingerprint density at radius 1 is 1.40 bits per heavy atom. The summed E-state index contributed by atoms with van der Waals surface area (Å²) in [5.41, 5.74) is 0. The van der Waals surface area contributed by atoms with Gasteiger partial charge in [-0.3, -0.25) is 4.79 Å². The predicted molar refractivity (Wildman–Crippen MR) is 53.4 cm³/mol. The Morgan fingerprint density at radius 3 is 2.53 bits per heavy atom. The number of carbonyl (C=O) groups excluding carboxylic acids is 1. The van der Waals surface area contributed by atoms with Crippen molar-refractivity contribution in [1.82, 2.24) is 4.90 Å². The third kappa shape index (κ3) is 4.78. The fourth-order valence-corrected chi connectivity index (χ4v) is 1.34. The van der Waals surface area contributed by atoms with Crippen LogP contribution in [-0.4, -0.2) is 48.2 Å². The van der Waals surface area contributed by atoms with Crippen molar-refractivity contribution in [2.45, 2.75) is 19.8 Å². The SMILES string of the molecule is CCN(CC1CC1)C(=O)COCC(=O)O. The van der Waals surface area contributed by atoms with E-state index in [-0.39, 0.29) is 12.5 Å². The van der Waals surface area contributed by atoms with Gasteiger partial charge < -0.3 is 14.7 Å². The van der Waals surface area contributed by atoms with Gasteiger partial charge in [0.2, 0.25) is 5.91 Å². The number of carboxylic acids is 1. The standard InChI is InChI=1S/C10H17NO4/c1-2-11(5-8-3-4-8)9(12)6-15-7-10(13)14/h8H,2-7H2,1H3,(H,13,14). The molecule has 1 aliphatic carbocycles. The Bertz CT molecular complexity index is 238. The van der Waals surface area contributed by atoms with Gasteiger partial charge in [0, 0.05) is 13.1 Å². The van der Waals surface area contributed by atoms with Gasteiger partial charge in [0.1, 0.15) is 13.2 Å². The lowest BCUT2D eigenvalue weighted by Crippen LogP contribution is -2.35. The van der Waals surface area contributed by atoms with Crippen LogP contribution in [0.1, 0.15) is 19.8 Å². The van der Waals surface area contributed by atoms with E-state index in [2.05, 4.69) is 0 Å². The van der Waals surface area contributed by atoms with Gasteiger partial charge in [0.15, 0.2) is 0 Å². The summed E-state index contributed by atoms with van der Waals surface area (Å²) in [6.45, 7) is 2.81. The lowest BCUT2D eigenvalue weighted by molar-refractivity contribution is -0.145. The molecule has 15 heavy (non-hydrogen) atoms. The van der Waals surface area contributed by atoms with Crippen LogP contribution in [0.5, 0.6) is 0 Å². The van der Waals surface area contributed by atoms with Gasteiger partial charge in [-0.2, -0.15) is 0 Å². The molecule has 86 valence electrons. The molecule has 0 bridgehead atoms. The Morgan fingerprint density at radius 2 is 2.07 bits per heavy atom. The number of ether oxygens (including phenoxy) is 1. The number of carboxylic acid groups (broad SMARTS) is 1. The predicted octanol–water partition coefficient (Wildman–Crippen LogP) is 0.346. The highest BCUT2D eigenvalue weighted by Crippen LogP contribution is 2.29. The number of nitrogens with zero attached hydrogens (tertiary/aromatic N) is 1. The molecule has 0 aromatic carbocycles. The van der Waals surface area contributed by atoms with E-state index >= 15 is 0 Å². The van der Waals surface area contributed by atoms with Crippen molar-refractivity contribution < 1.29 is 19.4 Å². The molecule has 0 aliphatic heterocycles. The normalized spacial score (nSPS) is 15.0. The van der Waals surface area contributed by atoms with E-state index in [9.17, 15) is 9.59 Å². The number of hydrogen-bond acceptors (Lipinski definition) is 3. The lowest BCUT2D eigenvalue weighted by Gasteiger charge is -2.20. The molecule has 1 rings (SSSR count). The third-order valence-corrected chi connectivity index (χ3v) is 2.36. The maximum absolute atomic E-state index is 11.5. The number of aliphatic carboxylic acids is 1. The highest BCUT2D eigenvalue weighted by atomic mass is 16.5. The van der Waals surface area contributed by atoms with E-state index in [1.807, 2.05) is 6.92 Å². The van der Waals surface area contributed by atoms with Crippen LogP contribution in [0, 0.1) is 5.92 Å². The summed E-state index contributed by atoms with van der Waals surface area (Å²) < 4.78 is 4.75. The van der Waals surface area contributed by atoms with E-state index in [1.165, 1.54) is 12.8 Å². The largest absolute Gasteiger partial charge is 0.480 e. The smallest absolute Gasteiger partial charge is 0.329 e. The molecular weight excluding hydrogens is 198 g/mol. The number of amides is 1. The molecule has 1 N–H and O–H groups in total. The monoisotopic (exact) mass is 215 g/mol. The first kappa shape index (κ1) is 12.0. The first-order chi connectivity index (χ1) is 7.13. The van der Waals surface area contributed by atoms with Crippen LogP contribution in [0.4, 0.5) is 0 Å². The second kappa shape index (κ2) is 5.70. The topological polar surface area (TPSA) is 66.8 Å². The molecule has 0 aromatic heterocycles. The van der Waals surface area contributed by atoms with Gasteiger partial charge in [0.05, 0.1) is 0 Å². The molecule has 0 radical (unpaired) electrons. The van der Waals surface area contributed by atoms with Gasteiger partial charge in [-0.25, -0.2) is 4.79 Å². The maximum atomic E-state index is 11.5. The minimum absolute atomic E-state index is 0.120. The van der Waals surface area contributed by atoms with Crippen molar-refractivity contribution in [2.75, 3.05) is 26.3 Å². The summed E-state index contributed by atoms with van der Waals surface area (Å²) in [5.74, 6) is -0.521. The molecular formula is C10H17NO4. The summed E-state index contributed by atoms with van der Waals surface area (Å²) in [4.78, 5) is 23.4. The number of carbonyl (C=O) groups is 2. The highest BCUT2D eigenvalue weighted by Gasteiger charge is 2.25. The summed E-state index contributed by atoms with van der Waals surface area (Å²) in [5, 5.41) is 8.33. The van der Waals surface area contributed by atoms with Crippen LogP contribution in [0.15, 0.2) is 0 Å². The first-order valence-corrected chi connectivity index (χ1v) is 5.20. The van der Waals surface area contributed by atoms with Crippen LogP contribution in [0.25, 0.3) is 0 Å². The van der Waals surface area contributed by atoms with Crippen LogP contribution < -0.4 is 0 Å². The fourth-order valence-electron chi connectivity index (χ4n) is 1.34. The minimum Gasteiger partial charge on any atom is -0.480 e. The molecule has 0 unspecified atom stereocenters. The Hall–Kier alpha value is -1.10. The molecule has 1 fully saturated rings. The van der Waals surface area contributed by atoms with Gasteiger partial charge in [-0.1, -0.05) is 0 Å². The molecule has 1 aliphatic rings. The molecule has 1 amide bonds. The quantitative estimate of drug-likeness (QED) is 0.665. The summed E-state index contributed by atoms with van der Waals surface area (Å²) in [7, 11) is 0. The van der Waals surface area contributed by atoms with Crippen LogP contribution in [0.2, 0.25) is 0 Å². The van der Waals surface area contributed by atoms with E-state index in [0.29, 0.717) is 12.5 Å². The third-order valence-electron chi connectivity index (χ3n) is 2.36. The summed E-state index contributed by atoms with van der Waals surface area (Å²) in [6.07, 6.45) is 2.39. The summed E-state index contributed by atoms with van der Waals surface area (Å²) >= 11 is 0. The Balaban J connectivity index is 2.19. The van der Waals surface area contributed by atoms with Crippen molar-refractivity contribution in [3.63, 3.8) is 0 Å². The van der Waals surface area contributed by atoms with Crippen molar-refractivity contribution in [3.8, 4) is 0 Å². The molecule has 5 nitrogen and oxygen atoms in total. The van der Waals surface area contributed by atoms with Crippen molar-refractivity contribution in [2.24, 2.45) is 5.92 Å². The van der Waals surface area contributed by atoms with Crippen LogP contribution in [-0.2, 0) is 14.3 Å². The van der Waals surface area contributed by atoms with E-state index in [1.54, 1.807) is 4.90 Å². The fraction of sp³-hybridized carbons (Fsp3) is 0.800. The number of hydrogen-bond donors (Lipinski definition) is 1. The van der Waals surface area contributed by atoms with Gasteiger partial charge in [-0.15, -0.1) is 0 Å². The zero-order valence-electron chi connectivity index (χ0n) is 8.94. The average molecular weight is 215 g/mol. The molecule has 1 saturated carbocycles. The van der Waals surface area contributed by atoms with Crippen molar-refractivity contribution in [3.05, 3.63) is 0 Å². The van der Waals surface area contributed by atoms with E-state index in [0.717, 1.165) is 6.54 Å². The molecule has 0 atom stereocenters. The second-order valence-electron chi connectivity index (χ2n) is 3.76. The zero-order valence-corrected chi connectivity index (χ0v) is 8.94. The molecule has 0 spiro atoms. The van der Waals surface area contributed by atoms with Crippen molar-refractivity contribution >= 4 is 11.9 Å². The molecule has 0 saturated heterocycles. The van der Waals surface area contributed by atoms with Crippen molar-refractivity contribution in [1.29, 1.82) is 0 Å². The maximum Gasteiger partial charge on any atom is 0.329 e. The van der Waals surface area contributed by atoms with E-state index < -0.39 is 12.6 Å². The number of likely N-dealkylation sites (N-methyl/N-ethyl adjacent to an activating group) is 1. The van der Waals surface area contributed by atoms with Gasteiger partial charge >= 0.3 is 5.97 Å². The second-order valence-corrected chi connectivity index (χ2v) is 3.76. The minimum atomic E-state index is -1.05. The average Bonchev–Trinajstić information content (AvgIpc) is 2.96. The first-order valence-electron chi connectivity index (χ1n) is 5.20. The van der Waals surface area contributed by atoms with Crippen LogP contribution in [0.3, 0.4) is 0 Å². The molecule has 0 heterocycles. The molecule has 5 heteroatoms. The zero-order chi connectivity index (χ0) is 11.3.